The molecule has 1 aliphatic rings. The first kappa shape index (κ1) is 21.7. The Labute approximate surface area is 117 Å². The number of nitrogens with two attached hydrogens (primary N) is 2. The number of allylic oxidation sites excluding steroid dienone is 4. The van der Waals surface area contributed by atoms with Crippen molar-refractivity contribution >= 4 is 13.3 Å². The number of hydrogen-bond donors (Lipinski definition) is 0. The first-order valence-corrected chi connectivity index (χ1v) is 7.77. The smallest absolute Gasteiger partial charge is 0.693 e. The molecule has 17 heavy (non-hydrogen) atoms. The van der Waals surface area contributed by atoms with E-state index in [0.29, 0.717) is 5.54 Å². The number of rotatable bonds is 2. The van der Waals surface area contributed by atoms with Gasteiger partial charge in [0, 0.05) is 8.07 Å². The van der Waals surface area contributed by atoms with E-state index in [-0.39, 0.29) is 36.8 Å². The molecule has 2 nitrogen and oxygen atoms in total. The molecule has 0 fully saturated rings. The van der Waals surface area contributed by atoms with Crippen LogP contribution in [0.15, 0.2) is 42.5 Å². The van der Waals surface area contributed by atoms with Gasteiger partial charge >= 0.3 is 17.1 Å². The van der Waals surface area contributed by atoms with Gasteiger partial charge in [-0.3, -0.25) is 6.08 Å². The molecule has 1 aromatic carbocycles. The normalized spacial score (nSPS) is 16.2. The molecule has 0 bridgehead atoms. The Morgan fingerprint density at radius 1 is 1.29 bits per heavy atom. The van der Waals surface area contributed by atoms with Crippen LogP contribution in [0.1, 0.15) is 0 Å². The quantitative estimate of drug-likeness (QED) is 0.568. The van der Waals surface area contributed by atoms with Gasteiger partial charge in [0.15, 0.2) is 0 Å². The van der Waals surface area contributed by atoms with E-state index in [4.69, 9.17) is 0 Å². The van der Waals surface area contributed by atoms with Gasteiger partial charge in [-0.2, -0.15) is 23.4 Å². The van der Waals surface area contributed by atoms with Crippen molar-refractivity contribution in [2.45, 2.75) is 18.6 Å². The molecule has 0 aromatic heterocycles. The van der Waals surface area contributed by atoms with Crippen molar-refractivity contribution in [2.75, 3.05) is 0 Å². The van der Waals surface area contributed by atoms with Crippen molar-refractivity contribution in [3.05, 3.63) is 68.3 Å². The summed E-state index contributed by atoms with van der Waals surface area (Å²) in [6.07, 6.45) is 9.85. The van der Waals surface area contributed by atoms with Crippen LogP contribution >= 0.6 is 0 Å². The van der Waals surface area contributed by atoms with Crippen LogP contribution < -0.4 is 5.19 Å². The second kappa shape index (κ2) is 8.56. The van der Waals surface area contributed by atoms with E-state index in [1.165, 1.54) is 5.19 Å². The maximum atomic E-state index is 3.41. The van der Waals surface area contributed by atoms with Crippen molar-refractivity contribution in [1.82, 2.24) is 0 Å². The molecule has 0 saturated heterocycles. The second-order valence-corrected chi connectivity index (χ2v) is 8.73. The molecule has 0 saturated carbocycles. The molecule has 1 atom stereocenters. The Morgan fingerprint density at radius 2 is 1.94 bits per heavy atom. The van der Waals surface area contributed by atoms with E-state index in [2.05, 4.69) is 55.6 Å². The van der Waals surface area contributed by atoms with E-state index in [1.54, 1.807) is 0 Å². The summed E-state index contributed by atoms with van der Waals surface area (Å²) in [6, 6.07) is 8.76. The van der Waals surface area contributed by atoms with Gasteiger partial charge in [-0.1, -0.05) is 18.6 Å². The Balaban J connectivity index is -0.000000490. The molecule has 1 radical (unpaired) electrons. The molecule has 95 valence electrons. The van der Waals surface area contributed by atoms with Gasteiger partial charge in [0.05, 0.1) is 0 Å². The minimum Gasteiger partial charge on any atom is -0.693 e. The Bertz CT molecular complexity index is 330. The number of hydrogen-bond acceptors (Lipinski definition) is 0. The zero-order valence-electron chi connectivity index (χ0n) is 10.6. The van der Waals surface area contributed by atoms with E-state index in [0.717, 1.165) is 0 Å². The van der Waals surface area contributed by atoms with E-state index in [1.807, 2.05) is 6.08 Å². The second-order valence-electron chi connectivity index (χ2n) is 4.09. The molecule has 0 heterocycles. The molecule has 1 aromatic rings. The van der Waals surface area contributed by atoms with Gasteiger partial charge in [-0.25, -0.2) is 24.3 Å². The van der Waals surface area contributed by atoms with Crippen molar-refractivity contribution < 1.29 is 17.1 Å². The topological polar surface area (TPSA) is 67.0 Å². The summed E-state index contributed by atoms with van der Waals surface area (Å²) in [7, 11) is -1.32. The molecule has 1 aliphatic carbocycles. The van der Waals surface area contributed by atoms with Crippen molar-refractivity contribution in [3.8, 4) is 0 Å². The maximum Gasteiger partial charge on any atom is 5.00 e. The fraction of sp³-hybridized carbons (Fsp3) is 0.231. The van der Waals surface area contributed by atoms with Gasteiger partial charge in [0.1, 0.15) is 0 Å². The Morgan fingerprint density at radius 3 is 2.35 bits per heavy atom. The molecular formula is C13H21FeN2Si. The molecule has 4 N–H and O–H groups in total. The predicted molar refractivity (Wildman–Crippen MR) is 76.8 cm³/mol. The summed E-state index contributed by atoms with van der Waals surface area (Å²) in [5.74, 6) is 0. The SMILES string of the molecule is C[Si](C)(c1ccc[cH-]1)C1[C-]=CC=C1.[CH3-].[Fe+5].[NH2-].[NH2-]. The van der Waals surface area contributed by atoms with Gasteiger partial charge in [0.25, 0.3) is 0 Å². The molecule has 2 rings (SSSR count). The molecule has 0 aliphatic heterocycles. The van der Waals surface area contributed by atoms with Crippen LogP contribution in [0.25, 0.3) is 12.3 Å². The molecule has 0 spiro atoms. The third-order valence-corrected chi connectivity index (χ3v) is 6.60. The summed E-state index contributed by atoms with van der Waals surface area (Å²) in [5, 5.41) is 1.53. The summed E-state index contributed by atoms with van der Waals surface area (Å²) < 4.78 is 0. The van der Waals surface area contributed by atoms with Crippen LogP contribution in [-0.2, 0) is 17.1 Å². The van der Waals surface area contributed by atoms with Crippen molar-refractivity contribution in [1.29, 1.82) is 0 Å². The van der Waals surface area contributed by atoms with Gasteiger partial charge in [0.2, 0.25) is 0 Å². The third kappa shape index (κ3) is 4.34. The molecule has 4 heteroatoms. The van der Waals surface area contributed by atoms with Crippen LogP contribution in [0.4, 0.5) is 0 Å². The first-order chi connectivity index (χ1) is 6.21. The Kier molecular flexibility index (Phi) is 10.9. The average Bonchev–Trinajstić information content (AvgIpc) is 2.78. The van der Waals surface area contributed by atoms with Crippen molar-refractivity contribution in [2.24, 2.45) is 0 Å². The van der Waals surface area contributed by atoms with Crippen LogP contribution in [0.3, 0.4) is 0 Å². The first-order valence-electron chi connectivity index (χ1n) is 4.69. The van der Waals surface area contributed by atoms with Crippen LogP contribution in [0.5, 0.6) is 0 Å². The molecular weight excluding hydrogens is 268 g/mol. The summed E-state index contributed by atoms with van der Waals surface area (Å²) in [6.45, 7) is 4.81. The zero-order chi connectivity index (χ0) is 9.31. The van der Waals surface area contributed by atoms with Crippen LogP contribution in [0, 0.1) is 13.5 Å². The standard InChI is InChI=1S/C12H14Si.CH3.Fe.2H2N/c1-13(2,11-7-3-4-8-11)12-9-5-6-10-12;;;;/h3-9,12H,1-2H3;1H3;;2*1H2/q-2;-1;+5;2*-1. The minimum atomic E-state index is -1.32. The van der Waals surface area contributed by atoms with E-state index >= 15 is 0 Å². The van der Waals surface area contributed by atoms with Gasteiger partial charge in [-0.15, -0.1) is 0 Å². The van der Waals surface area contributed by atoms with Gasteiger partial charge < -0.3 is 19.7 Å². The average molecular weight is 289 g/mol. The van der Waals surface area contributed by atoms with Crippen molar-refractivity contribution in [3.63, 3.8) is 0 Å². The molecule has 1 unspecified atom stereocenters. The maximum absolute atomic E-state index is 3.41. The Hall–Kier alpha value is -0.514. The molecule has 0 amide bonds. The van der Waals surface area contributed by atoms with Crippen LogP contribution in [0.2, 0.25) is 18.6 Å². The van der Waals surface area contributed by atoms with E-state index < -0.39 is 8.07 Å². The zero-order valence-corrected chi connectivity index (χ0v) is 12.7. The van der Waals surface area contributed by atoms with Crippen LogP contribution in [-0.4, -0.2) is 8.07 Å². The summed E-state index contributed by atoms with van der Waals surface area (Å²) in [4.78, 5) is 0. The minimum absolute atomic E-state index is 0. The summed E-state index contributed by atoms with van der Waals surface area (Å²) >= 11 is 0. The predicted octanol–water partition coefficient (Wildman–Crippen LogP) is 4.50. The fourth-order valence-electron chi connectivity index (χ4n) is 1.81. The summed E-state index contributed by atoms with van der Waals surface area (Å²) in [5.41, 5.74) is 0.565. The van der Waals surface area contributed by atoms with E-state index in [9.17, 15) is 0 Å². The van der Waals surface area contributed by atoms with Gasteiger partial charge in [-0.05, 0) is 0 Å². The monoisotopic (exact) mass is 289 g/mol. The third-order valence-electron chi connectivity index (χ3n) is 2.86. The largest absolute Gasteiger partial charge is 5.00 e. The fourth-order valence-corrected chi connectivity index (χ4v) is 4.33.